The van der Waals surface area contributed by atoms with Crippen LogP contribution in [0.5, 0.6) is 0 Å². The highest BCUT2D eigenvalue weighted by Gasteiger charge is 2.31. The van der Waals surface area contributed by atoms with E-state index >= 15 is 0 Å². The molecule has 5 heteroatoms. The van der Waals surface area contributed by atoms with Gasteiger partial charge in [-0.05, 0) is 23.6 Å². The molecule has 0 aliphatic heterocycles. The number of hydrogen-bond donors (Lipinski definition) is 1. The number of hydrogen-bond acceptors (Lipinski definition) is 1. The van der Waals surface area contributed by atoms with Crippen LogP contribution in [0.1, 0.15) is 41.3 Å². The minimum atomic E-state index is -4.46. The predicted octanol–water partition coefficient (Wildman–Crippen LogP) is 2.93. The van der Waals surface area contributed by atoms with Crippen LogP contribution in [0.25, 0.3) is 0 Å². The van der Waals surface area contributed by atoms with Gasteiger partial charge >= 0.3 is 6.18 Å². The third-order valence-electron chi connectivity index (χ3n) is 2.27. The second kappa shape index (κ2) is 4.15. The first-order valence-electron chi connectivity index (χ1n) is 4.74. The number of carbonyl (C=O) groups is 1. The maximum absolute atomic E-state index is 12.4. The molecule has 2 N–H and O–H groups in total. The lowest BCUT2D eigenvalue weighted by molar-refractivity contribution is -0.137. The lowest BCUT2D eigenvalue weighted by atomic mass is 9.95. The molecule has 0 aliphatic rings. The van der Waals surface area contributed by atoms with E-state index < -0.39 is 17.6 Å². The molecule has 0 fully saturated rings. The summed E-state index contributed by atoms with van der Waals surface area (Å²) in [4.78, 5) is 11.1. The van der Waals surface area contributed by atoms with E-state index in [9.17, 15) is 18.0 Å². The Labute approximate surface area is 91.3 Å². The van der Waals surface area contributed by atoms with Crippen LogP contribution < -0.4 is 5.73 Å². The van der Waals surface area contributed by atoms with E-state index in [1.54, 1.807) is 13.8 Å². The molecule has 88 valence electrons. The number of rotatable bonds is 2. The van der Waals surface area contributed by atoms with Gasteiger partial charge in [0.15, 0.2) is 0 Å². The highest BCUT2D eigenvalue weighted by atomic mass is 19.4. The predicted molar refractivity (Wildman–Crippen MR) is 54.1 cm³/mol. The van der Waals surface area contributed by atoms with E-state index in [2.05, 4.69) is 0 Å². The molecule has 0 radical (unpaired) electrons. The van der Waals surface area contributed by atoms with Gasteiger partial charge in [0.2, 0.25) is 5.91 Å². The maximum Gasteiger partial charge on any atom is 0.416 e. The molecule has 1 amide bonds. The number of nitrogens with two attached hydrogens (primary N) is 1. The minimum Gasteiger partial charge on any atom is -0.366 e. The van der Waals surface area contributed by atoms with E-state index in [0.29, 0.717) is 5.56 Å². The van der Waals surface area contributed by atoms with Crippen molar-refractivity contribution in [2.75, 3.05) is 0 Å². The molecular formula is C11H12F3NO. The summed E-state index contributed by atoms with van der Waals surface area (Å²) in [5.74, 6) is -0.889. The van der Waals surface area contributed by atoms with Gasteiger partial charge in [0, 0.05) is 5.56 Å². The summed E-state index contributed by atoms with van der Waals surface area (Å²) in [5.41, 5.74) is 4.67. The van der Waals surface area contributed by atoms with Gasteiger partial charge in [-0.25, -0.2) is 0 Å². The van der Waals surface area contributed by atoms with Crippen LogP contribution >= 0.6 is 0 Å². The summed E-state index contributed by atoms with van der Waals surface area (Å²) < 4.78 is 37.2. The zero-order valence-corrected chi connectivity index (χ0v) is 8.93. The van der Waals surface area contributed by atoms with Crippen molar-refractivity contribution in [1.82, 2.24) is 0 Å². The molecule has 1 aromatic rings. The largest absolute Gasteiger partial charge is 0.416 e. The van der Waals surface area contributed by atoms with Crippen molar-refractivity contribution >= 4 is 5.91 Å². The van der Waals surface area contributed by atoms with Gasteiger partial charge in [-0.3, -0.25) is 4.79 Å². The van der Waals surface area contributed by atoms with Crippen LogP contribution in [-0.4, -0.2) is 5.91 Å². The molecule has 0 aromatic heterocycles. The summed E-state index contributed by atoms with van der Waals surface area (Å²) in [7, 11) is 0. The first-order valence-corrected chi connectivity index (χ1v) is 4.74. The molecule has 1 aromatic carbocycles. The van der Waals surface area contributed by atoms with Gasteiger partial charge in [-0.2, -0.15) is 13.2 Å². The quantitative estimate of drug-likeness (QED) is 0.835. The van der Waals surface area contributed by atoms with Gasteiger partial charge < -0.3 is 5.73 Å². The maximum atomic E-state index is 12.4. The van der Waals surface area contributed by atoms with Crippen molar-refractivity contribution in [3.05, 3.63) is 34.9 Å². The zero-order chi connectivity index (χ0) is 12.5. The Morgan fingerprint density at radius 2 is 1.88 bits per heavy atom. The van der Waals surface area contributed by atoms with Gasteiger partial charge in [-0.1, -0.05) is 19.9 Å². The Hall–Kier alpha value is -1.52. The molecule has 0 spiro atoms. The third kappa shape index (κ3) is 2.53. The number of benzene rings is 1. The summed E-state index contributed by atoms with van der Waals surface area (Å²) >= 11 is 0. The van der Waals surface area contributed by atoms with E-state index in [-0.39, 0.29) is 11.5 Å². The average Bonchev–Trinajstić information content (AvgIpc) is 2.15. The van der Waals surface area contributed by atoms with E-state index in [4.69, 9.17) is 5.73 Å². The zero-order valence-electron chi connectivity index (χ0n) is 8.93. The number of primary amides is 1. The normalized spacial score (nSPS) is 11.9. The molecule has 16 heavy (non-hydrogen) atoms. The van der Waals surface area contributed by atoms with E-state index in [1.165, 1.54) is 6.07 Å². The lowest BCUT2D eigenvalue weighted by Crippen LogP contribution is -2.16. The van der Waals surface area contributed by atoms with Crippen molar-refractivity contribution in [2.24, 2.45) is 5.73 Å². The van der Waals surface area contributed by atoms with Crippen molar-refractivity contribution in [3.8, 4) is 0 Å². The topological polar surface area (TPSA) is 43.1 Å². The minimum absolute atomic E-state index is 0.0511. The summed E-state index contributed by atoms with van der Waals surface area (Å²) in [5, 5.41) is 0. The first kappa shape index (κ1) is 12.5. The van der Waals surface area contributed by atoms with Gasteiger partial charge in [0.1, 0.15) is 0 Å². The average molecular weight is 231 g/mol. The second-order valence-electron chi connectivity index (χ2n) is 3.82. The molecular weight excluding hydrogens is 219 g/mol. The molecule has 0 atom stereocenters. The van der Waals surface area contributed by atoms with Crippen molar-refractivity contribution < 1.29 is 18.0 Å². The van der Waals surface area contributed by atoms with E-state index in [1.807, 2.05) is 0 Å². The van der Waals surface area contributed by atoms with Crippen LogP contribution in [0.2, 0.25) is 0 Å². The fourth-order valence-corrected chi connectivity index (χ4v) is 1.45. The fourth-order valence-electron chi connectivity index (χ4n) is 1.45. The molecule has 2 nitrogen and oxygen atoms in total. The van der Waals surface area contributed by atoms with Gasteiger partial charge in [-0.15, -0.1) is 0 Å². The first-order chi connectivity index (χ1) is 7.23. The Morgan fingerprint density at radius 1 is 1.31 bits per heavy atom. The lowest BCUT2D eigenvalue weighted by Gasteiger charge is -2.13. The summed E-state index contributed by atoms with van der Waals surface area (Å²) in [6.07, 6.45) is -4.46. The molecule has 1 rings (SSSR count). The molecule has 0 saturated heterocycles. The van der Waals surface area contributed by atoms with Crippen LogP contribution in [0, 0.1) is 0 Å². The molecule has 0 aliphatic carbocycles. The smallest absolute Gasteiger partial charge is 0.366 e. The van der Waals surface area contributed by atoms with Crippen LogP contribution in [0.3, 0.4) is 0 Å². The molecule has 0 unspecified atom stereocenters. The summed E-state index contributed by atoms with van der Waals surface area (Å²) in [6.45, 7) is 3.57. The van der Waals surface area contributed by atoms with Crippen LogP contribution in [0.4, 0.5) is 13.2 Å². The Balaban J connectivity index is 3.34. The Morgan fingerprint density at radius 3 is 2.25 bits per heavy atom. The highest BCUT2D eigenvalue weighted by molar-refractivity contribution is 5.94. The number of amides is 1. The number of alkyl halides is 3. The molecule has 0 heterocycles. The van der Waals surface area contributed by atoms with E-state index in [0.717, 1.165) is 12.1 Å². The van der Waals surface area contributed by atoms with Crippen LogP contribution in [-0.2, 0) is 6.18 Å². The Kier molecular flexibility index (Phi) is 3.26. The number of halogens is 3. The monoisotopic (exact) mass is 231 g/mol. The highest BCUT2D eigenvalue weighted by Crippen LogP contribution is 2.32. The molecule has 0 bridgehead atoms. The molecule has 0 saturated carbocycles. The Bertz CT molecular complexity index is 410. The standard InChI is InChI=1S/C11H12F3NO/c1-6(2)8-4-3-7(11(12,13)14)5-9(8)10(15)16/h3-6H,1-2H3,(H2,15,16). The van der Waals surface area contributed by atoms with Crippen molar-refractivity contribution in [1.29, 1.82) is 0 Å². The van der Waals surface area contributed by atoms with Crippen molar-refractivity contribution in [3.63, 3.8) is 0 Å². The van der Waals surface area contributed by atoms with Gasteiger partial charge in [0.25, 0.3) is 0 Å². The SMILES string of the molecule is CC(C)c1ccc(C(F)(F)F)cc1C(N)=O. The summed E-state index contributed by atoms with van der Waals surface area (Å²) in [6, 6.07) is 3.06. The fraction of sp³-hybridized carbons (Fsp3) is 0.364. The van der Waals surface area contributed by atoms with Crippen molar-refractivity contribution in [2.45, 2.75) is 25.9 Å². The van der Waals surface area contributed by atoms with Crippen LogP contribution in [0.15, 0.2) is 18.2 Å². The van der Waals surface area contributed by atoms with Gasteiger partial charge in [0.05, 0.1) is 5.56 Å². The second-order valence-corrected chi connectivity index (χ2v) is 3.82. The third-order valence-corrected chi connectivity index (χ3v) is 2.27. The number of carbonyl (C=O) groups excluding carboxylic acids is 1.